The maximum absolute atomic E-state index is 5.22. The van der Waals surface area contributed by atoms with Crippen molar-refractivity contribution in [3.63, 3.8) is 0 Å². The van der Waals surface area contributed by atoms with Crippen molar-refractivity contribution >= 4 is 0 Å². The zero-order valence-electron chi connectivity index (χ0n) is 9.10. The highest BCUT2D eigenvalue weighted by molar-refractivity contribution is 4.64. The van der Waals surface area contributed by atoms with Crippen molar-refractivity contribution in [2.45, 2.75) is 46.5 Å². The molecule has 0 fully saturated rings. The molecule has 0 radical (unpaired) electrons. The van der Waals surface area contributed by atoms with E-state index >= 15 is 0 Å². The summed E-state index contributed by atoms with van der Waals surface area (Å²) in [6.45, 7) is 7.79. The summed E-state index contributed by atoms with van der Waals surface area (Å²) in [5.74, 6) is 1.59. The van der Waals surface area contributed by atoms with Crippen molar-refractivity contribution in [3.8, 4) is 0 Å². The molecule has 1 heteroatoms. The monoisotopic (exact) mass is 172 g/mol. The molecule has 74 valence electrons. The van der Waals surface area contributed by atoms with E-state index in [-0.39, 0.29) is 0 Å². The minimum Gasteiger partial charge on any atom is -0.384 e. The van der Waals surface area contributed by atoms with Crippen LogP contribution in [0.1, 0.15) is 46.5 Å². The van der Waals surface area contributed by atoms with Gasteiger partial charge in [0.05, 0.1) is 0 Å². The van der Waals surface area contributed by atoms with Gasteiger partial charge in [-0.15, -0.1) is 0 Å². The molecule has 0 aliphatic rings. The molecule has 1 nitrogen and oxygen atoms in total. The Balaban J connectivity index is 3.68. The molecular formula is C11H24O. The molecule has 0 N–H and O–H groups in total. The number of unbranched alkanes of at least 4 members (excludes halogenated alkanes) is 1. The Bertz CT molecular complexity index is 91.0. The third-order valence-corrected chi connectivity index (χ3v) is 2.76. The maximum atomic E-state index is 5.22. The van der Waals surface area contributed by atoms with Crippen LogP contribution in [0.4, 0.5) is 0 Å². The number of hydrogen-bond donors (Lipinski definition) is 0. The quantitative estimate of drug-likeness (QED) is 0.571. The van der Waals surface area contributed by atoms with Gasteiger partial charge in [-0.1, -0.05) is 40.0 Å². The van der Waals surface area contributed by atoms with Crippen LogP contribution in [0, 0.1) is 11.8 Å². The molecule has 0 amide bonds. The molecule has 0 spiro atoms. The average Bonchev–Trinajstić information content (AvgIpc) is 2.11. The minimum atomic E-state index is 0.778. The second-order valence-corrected chi connectivity index (χ2v) is 3.74. The van der Waals surface area contributed by atoms with Crippen molar-refractivity contribution in [2.24, 2.45) is 11.8 Å². The Morgan fingerprint density at radius 3 is 2.33 bits per heavy atom. The van der Waals surface area contributed by atoms with Gasteiger partial charge in [-0.2, -0.15) is 0 Å². The van der Waals surface area contributed by atoms with Crippen molar-refractivity contribution in [1.82, 2.24) is 0 Å². The van der Waals surface area contributed by atoms with Gasteiger partial charge in [0.25, 0.3) is 0 Å². The predicted octanol–water partition coefficient (Wildman–Crippen LogP) is 3.49. The summed E-state index contributed by atoms with van der Waals surface area (Å²) in [6, 6.07) is 0. The van der Waals surface area contributed by atoms with Crippen molar-refractivity contribution in [3.05, 3.63) is 0 Å². The Morgan fingerprint density at radius 2 is 1.92 bits per heavy atom. The molecule has 0 saturated carbocycles. The molecule has 0 heterocycles. The van der Waals surface area contributed by atoms with Gasteiger partial charge in [-0.25, -0.2) is 0 Å². The summed E-state index contributed by atoms with van der Waals surface area (Å²) in [5, 5.41) is 0. The SMILES string of the molecule is CCCC[C@@H](COC)C(C)CC. The van der Waals surface area contributed by atoms with E-state index in [1.54, 1.807) is 7.11 Å². The summed E-state index contributed by atoms with van der Waals surface area (Å²) in [4.78, 5) is 0. The van der Waals surface area contributed by atoms with Gasteiger partial charge in [0.1, 0.15) is 0 Å². The second kappa shape index (κ2) is 7.60. The highest BCUT2D eigenvalue weighted by Crippen LogP contribution is 2.21. The average molecular weight is 172 g/mol. The van der Waals surface area contributed by atoms with E-state index < -0.39 is 0 Å². The van der Waals surface area contributed by atoms with Gasteiger partial charge in [-0.05, 0) is 18.3 Å². The Hall–Kier alpha value is -0.0400. The third-order valence-electron chi connectivity index (χ3n) is 2.76. The van der Waals surface area contributed by atoms with Crippen LogP contribution in [0.3, 0.4) is 0 Å². The second-order valence-electron chi connectivity index (χ2n) is 3.74. The van der Waals surface area contributed by atoms with Crippen molar-refractivity contribution in [1.29, 1.82) is 0 Å². The lowest BCUT2D eigenvalue weighted by Crippen LogP contribution is -2.16. The number of hydrogen-bond acceptors (Lipinski definition) is 1. The molecule has 0 aliphatic heterocycles. The molecule has 12 heavy (non-hydrogen) atoms. The lowest BCUT2D eigenvalue weighted by molar-refractivity contribution is 0.116. The number of methoxy groups -OCH3 is 1. The minimum absolute atomic E-state index is 0.778. The van der Waals surface area contributed by atoms with Crippen LogP contribution in [0.5, 0.6) is 0 Å². The summed E-state index contributed by atoms with van der Waals surface area (Å²) in [5.41, 5.74) is 0. The molecular weight excluding hydrogens is 148 g/mol. The first kappa shape index (κ1) is 12.0. The molecule has 2 atom stereocenters. The largest absolute Gasteiger partial charge is 0.384 e. The maximum Gasteiger partial charge on any atom is 0.0493 e. The molecule has 0 aromatic rings. The van der Waals surface area contributed by atoms with Gasteiger partial charge in [0.15, 0.2) is 0 Å². The topological polar surface area (TPSA) is 9.23 Å². The zero-order chi connectivity index (χ0) is 9.40. The van der Waals surface area contributed by atoms with Gasteiger partial charge in [0.2, 0.25) is 0 Å². The van der Waals surface area contributed by atoms with E-state index in [9.17, 15) is 0 Å². The Morgan fingerprint density at radius 1 is 1.25 bits per heavy atom. The molecule has 0 aromatic carbocycles. The molecule has 1 unspecified atom stereocenters. The number of rotatable bonds is 7. The van der Waals surface area contributed by atoms with Crippen LogP contribution in [0.15, 0.2) is 0 Å². The third kappa shape index (κ3) is 4.76. The van der Waals surface area contributed by atoms with E-state index in [0.717, 1.165) is 18.4 Å². The van der Waals surface area contributed by atoms with Crippen LogP contribution in [-0.2, 0) is 4.74 Å². The molecule has 0 aromatic heterocycles. The normalized spacial score (nSPS) is 16.0. The fourth-order valence-corrected chi connectivity index (χ4v) is 1.55. The Labute approximate surface area is 77.5 Å². The summed E-state index contributed by atoms with van der Waals surface area (Å²) < 4.78 is 5.22. The van der Waals surface area contributed by atoms with Gasteiger partial charge in [0, 0.05) is 13.7 Å². The van der Waals surface area contributed by atoms with Crippen LogP contribution in [-0.4, -0.2) is 13.7 Å². The van der Waals surface area contributed by atoms with Crippen LogP contribution < -0.4 is 0 Å². The smallest absolute Gasteiger partial charge is 0.0493 e. The fraction of sp³-hybridized carbons (Fsp3) is 1.00. The number of ether oxygens (including phenoxy) is 1. The zero-order valence-corrected chi connectivity index (χ0v) is 9.10. The first-order chi connectivity index (χ1) is 5.76. The van der Waals surface area contributed by atoms with E-state index in [2.05, 4.69) is 20.8 Å². The van der Waals surface area contributed by atoms with Gasteiger partial charge >= 0.3 is 0 Å². The standard InChI is InChI=1S/C11H24O/c1-5-7-8-11(9-12-4)10(3)6-2/h10-11H,5-9H2,1-4H3/t10?,11-/m0/s1. The fourth-order valence-electron chi connectivity index (χ4n) is 1.55. The van der Waals surface area contributed by atoms with Crippen LogP contribution in [0.2, 0.25) is 0 Å². The summed E-state index contributed by atoms with van der Waals surface area (Å²) in [6.07, 6.45) is 5.26. The van der Waals surface area contributed by atoms with Gasteiger partial charge in [-0.3, -0.25) is 0 Å². The highest BCUT2D eigenvalue weighted by atomic mass is 16.5. The highest BCUT2D eigenvalue weighted by Gasteiger charge is 2.14. The van der Waals surface area contributed by atoms with E-state index in [1.807, 2.05) is 0 Å². The summed E-state index contributed by atoms with van der Waals surface area (Å²) in [7, 11) is 1.81. The van der Waals surface area contributed by atoms with Crippen LogP contribution in [0.25, 0.3) is 0 Å². The van der Waals surface area contributed by atoms with Gasteiger partial charge < -0.3 is 4.74 Å². The molecule has 0 rings (SSSR count). The lowest BCUT2D eigenvalue weighted by atomic mass is 9.88. The molecule has 0 bridgehead atoms. The summed E-state index contributed by atoms with van der Waals surface area (Å²) >= 11 is 0. The Kier molecular flexibility index (Phi) is 7.58. The van der Waals surface area contributed by atoms with Crippen molar-refractivity contribution in [2.75, 3.05) is 13.7 Å². The molecule has 0 saturated heterocycles. The molecule has 0 aliphatic carbocycles. The van der Waals surface area contributed by atoms with E-state index in [4.69, 9.17) is 4.74 Å². The first-order valence-electron chi connectivity index (χ1n) is 5.25. The van der Waals surface area contributed by atoms with Crippen molar-refractivity contribution < 1.29 is 4.74 Å². The lowest BCUT2D eigenvalue weighted by Gasteiger charge is -2.21. The van der Waals surface area contributed by atoms with Crippen LogP contribution >= 0.6 is 0 Å². The van der Waals surface area contributed by atoms with E-state index in [0.29, 0.717) is 0 Å². The van der Waals surface area contributed by atoms with E-state index in [1.165, 1.54) is 25.7 Å². The first-order valence-corrected chi connectivity index (χ1v) is 5.25. The predicted molar refractivity (Wildman–Crippen MR) is 54.3 cm³/mol.